The molecule has 0 atom stereocenters. The Kier molecular flexibility index (Phi) is 6.95. The van der Waals surface area contributed by atoms with Crippen LogP contribution >= 0.6 is 0 Å². The van der Waals surface area contributed by atoms with Crippen LogP contribution in [0.15, 0.2) is 53.9 Å². The van der Waals surface area contributed by atoms with Gasteiger partial charge in [-0.1, -0.05) is 12.1 Å². The first-order valence-corrected chi connectivity index (χ1v) is 14.9. The summed E-state index contributed by atoms with van der Waals surface area (Å²) in [6, 6.07) is 8.50. The van der Waals surface area contributed by atoms with Gasteiger partial charge in [-0.25, -0.2) is 21.8 Å². The molecule has 1 saturated heterocycles. The van der Waals surface area contributed by atoms with Crippen molar-refractivity contribution in [2.24, 2.45) is 0 Å². The van der Waals surface area contributed by atoms with Crippen LogP contribution in [-0.4, -0.2) is 67.2 Å². The highest BCUT2D eigenvalue weighted by atomic mass is 32.2. The number of aromatic nitrogens is 3. The number of carbonyl (C=O) groups excluding carboxylic acids is 1. The highest BCUT2D eigenvalue weighted by Gasteiger charge is 2.22. The zero-order valence-electron chi connectivity index (χ0n) is 19.4. The maximum Gasteiger partial charge on any atom is 0.222 e. The van der Waals surface area contributed by atoms with E-state index in [4.69, 9.17) is 4.74 Å². The Morgan fingerprint density at radius 2 is 1.83 bits per heavy atom. The highest BCUT2D eigenvalue weighted by molar-refractivity contribution is 7.90. The number of pyridine rings is 1. The Balaban J connectivity index is 1.63. The molecule has 0 bridgehead atoms. The van der Waals surface area contributed by atoms with E-state index in [1.54, 1.807) is 22.0 Å². The van der Waals surface area contributed by atoms with Gasteiger partial charge in [0.15, 0.2) is 14.9 Å². The van der Waals surface area contributed by atoms with Gasteiger partial charge in [-0.3, -0.25) is 9.48 Å². The number of likely N-dealkylation sites (tertiary alicyclic amines) is 1. The Hall–Kier alpha value is -3.25. The van der Waals surface area contributed by atoms with Crippen molar-refractivity contribution >= 4 is 25.6 Å². The normalized spacial score (nSPS) is 14.5. The predicted octanol–water partition coefficient (Wildman–Crippen LogP) is 2.31. The van der Waals surface area contributed by atoms with E-state index in [1.807, 2.05) is 18.2 Å². The monoisotopic (exact) mass is 518 g/mol. The van der Waals surface area contributed by atoms with Gasteiger partial charge in [0.2, 0.25) is 5.91 Å². The van der Waals surface area contributed by atoms with Crippen LogP contribution < -0.4 is 4.74 Å². The first kappa shape index (κ1) is 24.9. The van der Waals surface area contributed by atoms with Crippen molar-refractivity contribution < 1.29 is 26.4 Å². The van der Waals surface area contributed by atoms with Crippen LogP contribution in [0.4, 0.5) is 0 Å². The molecule has 186 valence electrons. The van der Waals surface area contributed by atoms with Crippen LogP contribution in [0.2, 0.25) is 0 Å². The summed E-state index contributed by atoms with van der Waals surface area (Å²) in [6.45, 7) is 1.31. The summed E-state index contributed by atoms with van der Waals surface area (Å²) in [7, 11) is -6.54. The maximum absolute atomic E-state index is 12.2. The van der Waals surface area contributed by atoms with Crippen molar-refractivity contribution in [2.75, 3.05) is 24.8 Å². The lowest BCUT2D eigenvalue weighted by atomic mass is 10.1. The molecule has 1 aliphatic heterocycles. The standard InChI is InChI=1S/C23H26N4O6S2/c1-34(29,30)11-10-27-16-19(13-25-27)17-5-6-18(15-26-9-3-4-23(26)28)21(12-17)33-20-7-8-22(24-14-20)35(2,31)32/h5-8,12-14,16H,3-4,9-11,15H2,1-2H3. The molecule has 2 aromatic heterocycles. The van der Waals surface area contributed by atoms with Gasteiger partial charge in [0, 0.05) is 49.3 Å². The molecule has 1 amide bonds. The van der Waals surface area contributed by atoms with Crippen molar-refractivity contribution in [3.05, 3.63) is 54.5 Å². The second-order valence-electron chi connectivity index (χ2n) is 8.57. The van der Waals surface area contributed by atoms with Crippen molar-refractivity contribution in [2.45, 2.75) is 31.0 Å². The summed E-state index contributed by atoms with van der Waals surface area (Å²) in [5, 5.41) is 4.20. The van der Waals surface area contributed by atoms with Gasteiger partial charge in [0.1, 0.15) is 21.3 Å². The van der Waals surface area contributed by atoms with E-state index in [9.17, 15) is 21.6 Å². The first-order valence-electron chi connectivity index (χ1n) is 10.9. The molecule has 3 heterocycles. The zero-order chi connectivity index (χ0) is 25.2. The molecule has 35 heavy (non-hydrogen) atoms. The first-order chi connectivity index (χ1) is 16.5. The van der Waals surface area contributed by atoms with Crippen molar-refractivity contribution in [1.82, 2.24) is 19.7 Å². The molecule has 12 heteroatoms. The Labute approximate surface area is 204 Å². The number of nitrogens with zero attached hydrogens (tertiary/aromatic N) is 4. The number of rotatable bonds is 9. The van der Waals surface area contributed by atoms with Crippen LogP contribution in [0.25, 0.3) is 11.1 Å². The van der Waals surface area contributed by atoms with Crippen LogP contribution in [0, 0.1) is 0 Å². The molecule has 0 radical (unpaired) electrons. The van der Waals surface area contributed by atoms with E-state index < -0.39 is 19.7 Å². The zero-order valence-corrected chi connectivity index (χ0v) is 21.0. The van der Waals surface area contributed by atoms with Gasteiger partial charge in [-0.2, -0.15) is 5.10 Å². The van der Waals surface area contributed by atoms with Gasteiger partial charge in [0.05, 0.1) is 24.7 Å². The average molecular weight is 519 g/mol. The molecule has 1 aromatic carbocycles. The third kappa shape index (κ3) is 6.45. The molecule has 0 unspecified atom stereocenters. The highest BCUT2D eigenvalue weighted by Crippen LogP contribution is 2.32. The lowest BCUT2D eigenvalue weighted by Gasteiger charge is -2.19. The van der Waals surface area contributed by atoms with Gasteiger partial charge in [0.25, 0.3) is 0 Å². The summed E-state index contributed by atoms with van der Waals surface area (Å²) >= 11 is 0. The summed E-state index contributed by atoms with van der Waals surface area (Å²) in [5.41, 5.74) is 2.36. The SMILES string of the molecule is CS(=O)(=O)CCn1cc(-c2ccc(CN3CCCC3=O)c(Oc3ccc(S(C)(=O)=O)nc3)c2)cn1. The number of benzene rings is 1. The molecule has 4 rings (SSSR count). The number of sulfone groups is 2. The summed E-state index contributed by atoms with van der Waals surface area (Å²) in [4.78, 5) is 17.9. The number of amides is 1. The van der Waals surface area contributed by atoms with Gasteiger partial charge < -0.3 is 9.64 Å². The lowest BCUT2D eigenvalue weighted by Crippen LogP contribution is -2.24. The van der Waals surface area contributed by atoms with Crippen molar-refractivity contribution in [3.63, 3.8) is 0 Å². The quantitative estimate of drug-likeness (QED) is 0.422. The summed E-state index contributed by atoms with van der Waals surface area (Å²) in [6.07, 6.45) is 8.36. The van der Waals surface area contributed by atoms with Crippen LogP contribution in [-0.2, 0) is 37.6 Å². The molecule has 10 nitrogen and oxygen atoms in total. The number of carbonyl (C=O) groups is 1. The van der Waals surface area contributed by atoms with E-state index in [-0.39, 0.29) is 23.2 Å². The molecule has 1 fully saturated rings. The minimum Gasteiger partial charge on any atom is -0.455 e. The largest absolute Gasteiger partial charge is 0.455 e. The number of hydrogen-bond acceptors (Lipinski definition) is 8. The van der Waals surface area contributed by atoms with E-state index in [1.165, 1.54) is 24.6 Å². The Morgan fingerprint density at radius 1 is 1.03 bits per heavy atom. The molecule has 0 spiro atoms. The Morgan fingerprint density at radius 3 is 2.46 bits per heavy atom. The number of aryl methyl sites for hydroxylation is 1. The van der Waals surface area contributed by atoms with Crippen molar-refractivity contribution in [1.29, 1.82) is 0 Å². The van der Waals surface area contributed by atoms with E-state index in [2.05, 4.69) is 10.1 Å². The second kappa shape index (κ2) is 9.78. The van der Waals surface area contributed by atoms with E-state index in [0.29, 0.717) is 31.0 Å². The maximum atomic E-state index is 12.2. The van der Waals surface area contributed by atoms with Crippen molar-refractivity contribution in [3.8, 4) is 22.6 Å². The van der Waals surface area contributed by atoms with Gasteiger partial charge >= 0.3 is 0 Å². The topological polar surface area (TPSA) is 129 Å². The molecular weight excluding hydrogens is 492 g/mol. The predicted molar refractivity (Wildman–Crippen MR) is 129 cm³/mol. The average Bonchev–Trinajstić information content (AvgIpc) is 3.42. The van der Waals surface area contributed by atoms with E-state index >= 15 is 0 Å². The van der Waals surface area contributed by atoms with Crippen LogP contribution in [0.5, 0.6) is 11.5 Å². The molecular formula is C23H26N4O6S2. The minimum atomic E-state index is -3.43. The summed E-state index contributed by atoms with van der Waals surface area (Å²) in [5.74, 6) is 0.931. The molecule has 0 N–H and O–H groups in total. The number of hydrogen-bond donors (Lipinski definition) is 0. The fourth-order valence-corrected chi connectivity index (χ4v) is 4.78. The molecule has 0 saturated carbocycles. The molecule has 0 aliphatic carbocycles. The van der Waals surface area contributed by atoms with Crippen LogP contribution in [0.3, 0.4) is 0 Å². The minimum absolute atomic E-state index is 0.0121. The third-order valence-corrected chi connectivity index (χ3v) is 7.50. The van der Waals surface area contributed by atoms with Crippen LogP contribution in [0.1, 0.15) is 18.4 Å². The fourth-order valence-electron chi connectivity index (χ4n) is 3.70. The summed E-state index contributed by atoms with van der Waals surface area (Å²) < 4.78 is 54.0. The third-order valence-electron chi connectivity index (χ3n) is 5.57. The number of ether oxygens (including phenoxy) is 1. The lowest BCUT2D eigenvalue weighted by molar-refractivity contribution is -0.128. The van der Waals surface area contributed by atoms with Gasteiger partial charge in [-0.15, -0.1) is 0 Å². The van der Waals surface area contributed by atoms with Gasteiger partial charge in [-0.05, 0) is 30.2 Å². The fraction of sp³-hybridized carbons (Fsp3) is 0.348. The molecule has 3 aromatic rings. The van der Waals surface area contributed by atoms with E-state index in [0.717, 1.165) is 29.4 Å². The smallest absolute Gasteiger partial charge is 0.222 e. The second-order valence-corrected chi connectivity index (χ2v) is 12.8. The molecule has 1 aliphatic rings. The Bertz CT molecular complexity index is 1450.